The summed E-state index contributed by atoms with van der Waals surface area (Å²) < 4.78 is 5.45. The molecule has 0 aliphatic heterocycles. The molecule has 17 heavy (non-hydrogen) atoms. The van der Waals surface area contributed by atoms with E-state index in [4.69, 9.17) is 34.3 Å². The molecular weight excluding hydrogens is 254 g/mol. The first-order valence-electron chi connectivity index (χ1n) is 5.58. The smallest absolute Gasteiger partial charge is 0.125 e. The predicted molar refractivity (Wildman–Crippen MR) is 77.2 cm³/mol. The van der Waals surface area contributed by atoms with E-state index < -0.39 is 0 Å². The van der Waals surface area contributed by atoms with Crippen LogP contribution in [-0.2, 0) is 6.42 Å². The minimum atomic E-state index is 0.556. The third-order valence-electron chi connectivity index (χ3n) is 2.84. The molecule has 0 unspecified atom stereocenters. The number of benzene rings is 1. The van der Waals surface area contributed by atoms with Crippen LogP contribution >= 0.6 is 23.8 Å². The van der Waals surface area contributed by atoms with Crippen LogP contribution in [0.3, 0.4) is 0 Å². The molecule has 0 aromatic heterocycles. The van der Waals surface area contributed by atoms with Gasteiger partial charge in [-0.2, -0.15) is 0 Å². The quantitative estimate of drug-likeness (QED) is 0.832. The van der Waals surface area contributed by atoms with E-state index in [9.17, 15) is 0 Å². The number of hydrogen-bond acceptors (Lipinski definition) is 2. The van der Waals surface area contributed by atoms with Gasteiger partial charge in [0.25, 0.3) is 0 Å². The van der Waals surface area contributed by atoms with Gasteiger partial charge in [-0.15, -0.1) is 0 Å². The van der Waals surface area contributed by atoms with Crippen LogP contribution in [0, 0.1) is 13.8 Å². The summed E-state index contributed by atoms with van der Waals surface area (Å²) in [7, 11) is 1.69. The van der Waals surface area contributed by atoms with Gasteiger partial charge in [-0.3, -0.25) is 0 Å². The summed E-state index contributed by atoms with van der Waals surface area (Å²) in [6.45, 7) is 4.02. The number of ether oxygens (including phenoxy) is 1. The number of methoxy groups -OCH3 is 1. The van der Waals surface area contributed by atoms with Crippen molar-refractivity contribution in [3.63, 3.8) is 0 Å². The second-order valence-corrected chi connectivity index (χ2v) is 5.06. The van der Waals surface area contributed by atoms with Crippen molar-refractivity contribution in [2.45, 2.75) is 33.1 Å². The van der Waals surface area contributed by atoms with Gasteiger partial charge in [0, 0.05) is 5.02 Å². The van der Waals surface area contributed by atoms with Gasteiger partial charge in [-0.1, -0.05) is 23.8 Å². The number of aryl methyl sites for hydroxylation is 1. The van der Waals surface area contributed by atoms with E-state index in [1.165, 1.54) is 0 Å². The number of nitrogens with two attached hydrogens (primary N) is 1. The zero-order valence-corrected chi connectivity index (χ0v) is 12.0. The first-order chi connectivity index (χ1) is 7.97. The van der Waals surface area contributed by atoms with Gasteiger partial charge in [0.2, 0.25) is 0 Å². The van der Waals surface area contributed by atoms with E-state index in [0.717, 1.165) is 46.7 Å². The lowest BCUT2D eigenvalue weighted by atomic mass is 9.98. The Kier molecular flexibility index (Phi) is 5.22. The third-order valence-corrected chi connectivity index (χ3v) is 3.44. The fraction of sp³-hybridized carbons (Fsp3) is 0.462. The van der Waals surface area contributed by atoms with Crippen LogP contribution in [0.1, 0.15) is 29.5 Å². The van der Waals surface area contributed by atoms with Gasteiger partial charge < -0.3 is 10.5 Å². The fourth-order valence-corrected chi connectivity index (χ4v) is 2.36. The van der Waals surface area contributed by atoms with Crippen LogP contribution in [0.25, 0.3) is 0 Å². The second-order valence-electron chi connectivity index (χ2n) is 4.13. The van der Waals surface area contributed by atoms with Crippen LogP contribution in [0.15, 0.2) is 6.07 Å². The molecule has 0 aliphatic carbocycles. The lowest BCUT2D eigenvalue weighted by molar-refractivity contribution is 0.405. The minimum Gasteiger partial charge on any atom is -0.496 e. The van der Waals surface area contributed by atoms with Gasteiger partial charge in [0.05, 0.1) is 12.1 Å². The predicted octanol–water partition coefficient (Wildman–Crippen LogP) is 3.57. The molecule has 1 rings (SSSR count). The maximum Gasteiger partial charge on any atom is 0.125 e. The van der Waals surface area contributed by atoms with Crippen LogP contribution in [-0.4, -0.2) is 12.1 Å². The van der Waals surface area contributed by atoms with Crippen molar-refractivity contribution >= 4 is 28.8 Å². The van der Waals surface area contributed by atoms with Gasteiger partial charge >= 0.3 is 0 Å². The van der Waals surface area contributed by atoms with Crippen LogP contribution in [0.5, 0.6) is 5.75 Å². The Balaban J connectivity index is 2.99. The largest absolute Gasteiger partial charge is 0.496 e. The lowest BCUT2D eigenvalue weighted by Gasteiger charge is -2.15. The van der Waals surface area contributed by atoms with Gasteiger partial charge in [-0.25, -0.2) is 0 Å². The molecule has 0 spiro atoms. The first kappa shape index (κ1) is 14.3. The molecule has 0 aliphatic rings. The summed E-state index contributed by atoms with van der Waals surface area (Å²) in [5.41, 5.74) is 8.80. The van der Waals surface area contributed by atoms with E-state index in [2.05, 4.69) is 0 Å². The lowest BCUT2D eigenvalue weighted by Crippen LogP contribution is -2.08. The third kappa shape index (κ3) is 3.58. The number of rotatable bonds is 5. The molecule has 0 saturated carbocycles. The number of thiocarbonyl (C=S) groups is 1. The molecule has 0 amide bonds. The Labute approximate surface area is 113 Å². The summed E-state index contributed by atoms with van der Waals surface area (Å²) in [6.07, 6.45) is 2.56. The minimum absolute atomic E-state index is 0.556. The van der Waals surface area contributed by atoms with Crippen molar-refractivity contribution in [2.24, 2.45) is 5.73 Å². The Morgan fingerprint density at radius 2 is 2.12 bits per heavy atom. The maximum atomic E-state index is 6.18. The Morgan fingerprint density at radius 1 is 1.47 bits per heavy atom. The highest BCUT2D eigenvalue weighted by atomic mass is 35.5. The molecule has 1 aromatic rings. The Hall–Kier alpha value is -0.800. The molecule has 0 fully saturated rings. The summed E-state index contributed by atoms with van der Waals surface area (Å²) in [5.74, 6) is 0.926. The highest BCUT2D eigenvalue weighted by Crippen LogP contribution is 2.33. The summed E-state index contributed by atoms with van der Waals surface area (Å²) >= 11 is 11.1. The van der Waals surface area contributed by atoms with E-state index in [0.29, 0.717) is 4.99 Å². The number of hydrogen-bond donors (Lipinski definition) is 1. The van der Waals surface area contributed by atoms with Crippen molar-refractivity contribution in [3.05, 3.63) is 27.8 Å². The van der Waals surface area contributed by atoms with Crippen molar-refractivity contribution in [1.82, 2.24) is 0 Å². The monoisotopic (exact) mass is 271 g/mol. The van der Waals surface area contributed by atoms with E-state index in [1.54, 1.807) is 7.11 Å². The fourth-order valence-electron chi connectivity index (χ4n) is 1.94. The van der Waals surface area contributed by atoms with Crippen molar-refractivity contribution < 1.29 is 4.74 Å². The van der Waals surface area contributed by atoms with Crippen molar-refractivity contribution in [3.8, 4) is 5.75 Å². The molecule has 1 aromatic carbocycles. The van der Waals surface area contributed by atoms with Gasteiger partial charge in [0.15, 0.2) is 0 Å². The zero-order chi connectivity index (χ0) is 13.0. The SMILES string of the molecule is COc1c(C)cc(Cl)c(C)c1CCCC(N)=S. The normalized spacial score (nSPS) is 10.4. The van der Waals surface area contributed by atoms with Gasteiger partial charge in [-0.05, 0) is 55.9 Å². The molecule has 2 nitrogen and oxygen atoms in total. The molecule has 0 radical (unpaired) electrons. The highest BCUT2D eigenvalue weighted by molar-refractivity contribution is 7.80. The Bertz CT molecular complexity index is 432. The van der Waals surface area contributed by atoms with Crippen LogP contribution in [0.4, 0.5) is 0 Å². The van der Waals surface area contributed by atoms with E-state index in [1.807, 2.05) is 19.9 Å². The summed E-state index contributed by atoms with van der Waals surface area (Å²) in [6, 6.07) is 1.94. The van der Waals surface area contributed by atoms with Crippen LogP contribution < -0.4 is 10.5 Å². The molecule has 2 N–H and O–H groups in total. The summed E-state index contributed by atoms with van der Waals surface area (Å²) in [4.78, 5) is 0.556. The van der Waals surface area contributed by atoms with Gasteiger partial charge in [0.1, 0.15) is 5.75 Å². The van der Waals surface area contributed by atoms with Crippen molar-refractivity contribution in [2.75, 3.05) is 7.11 Å². The van der Waals surface area contributed by atoms with Crippen LogP contribution in [0.2, 0.25) is 5.02 Å². The standard InChI is InChI=1S/C13H18ClNOS/c1-8-7-11(14)9(2)10(13(8)16-3)5-4-6-12(15)17/h7H,4-6H2,1-3H3,(H2,15,17). The molecule has 0 heterocycles. The average molecular weight is 272 g/mol. The molecular formula is C13H18ClNOS. The first-order valence-corrected chi connectivity index (χ1v) is 6.36. The highest BCUT2D eigenvalue weighted by Gasteiger charge is 2.12. The average Bonchev–Trinajstić information content (AvgIpc) is 2.24. The number of halogens is 1. The topological polar surface area (TPSA) is 35.2 Å². The molecule has 0 bridgehead atoms. The van der Waals surface area contributed by atoms with Crippen molar-refractivity contribution in [1.29, 1.82) is 0 Å². The molecule has 4 heteroatoms. The zero-order valence-electron chi connectivity index (χ0n) is 10.5. The summed E-state index contributed by atoms with van der Waals surface area (Å²) in [5, 5.41) is 0.786. The van der Waals surface area contributed by atoms with E-state index >= 15 is 0 Å². The molecule has 0 atom stereocenters. The second kappa shape index (κ2) is 6.22. The Morgan fingerprint density at radius 3 is 2.65 bits per heavy atom. The maximum absolute atomic E-state index is 6.18. The molecule has 94 valence electrons. The van der Waals surface area contributed by atoms with E-state index in [-0.39, 0.29) is 0 Å². The molecule has 0 saturated heterocycles.